The Kier molecular flexibility index (Phi) is 6.35. The SMILES string of the molecule is CC(C)CN(CC(C)C)CC(C)O. The molecule has 0 aromatic carbocycles. The first-order valence-electron chi connectivity index (χ1n) is 5.32. The summed E-state index contributed by atoms with van der Waals surface area (Å²) in [6.07, 6.45) is -0.211. The van der Waals surface area contributed by atoms with Gasteiger partial charge < -0.3 is 10.0 Å². The first-order valence-corrected chi connectivity index (χ1v) is 5.32. The molecule has 0 amide bonds. The fourth-order valence-electron chi connectivity index (χ4n) is 1.63. The number of nitrogens with zero attached hydrogens (tertiary/aromatic N) is 1. The van der Waals surface area contributed by atoms with Crippen molar-refractivity contribution in [1.82, 2.24) is 4.90 Å². The zero-order valence-corrected chi connectivity index (χ0v) is 9.75. The normalized spacial score (nSPS) is 14.5. The average molecular weight is 187 g/mol. The topological polar surface area (TPSA) is 23.5 Å². The Morgan fingerprint density at radius 1 is 0.846 bits per heavy atom. The van der Waals surface area contributed by atoms with Crippen molar-refractivity contribution in [2.24, 2.45) is 11.8 Å². The van der Waals surface area contributed by atoms with Crippen molar-refractivity contribution >= 4 is 0 Å². The molecule has 0 aliphatic heterocycles. The molecule has 0 fully saturated rings. The minimum absolute atomic E-state index is 0.211. The van der Waals surface area contributed by atoms with Crippen LogP contribution in [-0.2, 0) is 0 Å². The van der Waals surface area contributed by atoms with Crippen LogP contribution in [0, 0.1) is 11.8 Å². The van der Waals surface area contributed by atoms with E-state index in [1.54, 1.807) is 0 Å². The highest BCUT2D eigenvalue weighted by atomic mass is 16.3. The van der Waals surface area contributed by atoms with E-state index in [2.05, 4.69) is 32.6 Å². The largest absolute Gasteiger partial charge is 0.392 e. The predicted molar refractivity (Wildman–Crippen MR) is 57.8 cm³/mol. The van der Waals surface area contributed by atoms with E-state index in [9.17, 15) is 5.11 Å². The molecule has 0 aliphatic rings. The summed E-state index contributed by atoms with van der Waals surface area (Å²) in [4.78, 5) is 2.35. The minimum atomic E-state index is -0.211. The van der Waals surface area contributed by atoms with Crippen LogP contribution in [0.4, 0.5) is 0 Å². The lowest BCUT2D eigenvalue weighted by Gasteiger charge is -2.27. The molecule has 1 unspecified atom stereocenters. The molecule has 0 aromatic rings. The van der Waals surface area contributed by atoms with Crippen molar-refractivity contribution in [2.45, 2.75) is 40.7 Å². The van der Waals surface area contributed by atoms with Crippen molar-refractivity contribution in [3.8, 4) is 0 Å². The van der Waals surface area contributed by atoms with Gasteiger partial charge in [-0.05, 0) is 18.8 Å². The summed E-state index contributed by atoms with van der Waals surface area (Å²) >= 11 is 0. The second-order valence-corrected chi connectivity index (χ2v) is 4.86. The monoisotopic (exact) mass is 187 g/mol. The smallest absolute Gasteiger partial charge is 0.0639 e. The fraction of sp³-hybridized carbons (Fsp3) is 1.00. The second kappa shape index (κ2) is 6.39. The standard InChI is InChI=1S/C11H25NO/c1-9(2)6-12(7-10(3)4)8-11(5)13/h9-11,13H,6-8H2,1-5H3. The molecular formula is C11H25NO. The van der Waals surface area contributed by atoms with Crippen LogP contribution in [0.15, 0.2) is 0 Å². The Balaban J connectivity index is 3.87. The Hall–Kier alpha value is -0.0800. The molecule has 0 bridgehead atoms. The molecule has 2 nitrogen and oxygen atoms in total. The van der Waals surface area contributed by atoms with Crippen molar-refractivity contribution in [3.63, 3.8) is 0 Å². The van der Waals surface area contributed by atoms with Gasteiger partial charge in [-0.3, -0.25) is 0 Å². The first-order chi connectivity index (χ1) is 5.91. The van der Waals surface area contributed by atoms with Gasteiger partial charge in [0, 0.05) is 19.6 Å². The maximum atomic E-state index is 9.31. The van der Waals surface area contributed by atoms with Crippen LogP contribution in [-0.4, -0.2) is 35.7 Å². The number of hydrogen-bond donors (Lipinski definition) is 1. The van der Waals surface area contributed by atoms with Crippen molar-refractivity contribution < 1.29 is 5.11 Å². The lowest BCUT2D eigenvalue weighted by Crippen LogP contribution is -2.36. The molecule has 0 rings (SSSR count). The second-order valence-electron chi connectivity index (χ2n) is 4.86. The Labute approximate surface area is 82.9 Å². The third-order valence-electron chi connectivity index (χ3n) is 1.77. The molecule has 0 aromatic heterocycles. The number of rotatable bonds is 6. The molecule has 0 spiro atoms. The van der Waals surface area contributed by atoms with E-state index in [0.29, 0.717) is 11.8 Å². The van der Waals surface area contributed by atoms with Gasteiger partial charge in [-0.2, -0.15) is 0 Å². The number of hydrogen-bond acceptors (Lipinski definition) is 2. The molecule has 1 atom stereocenters. The van der Waals surface area contributed by atoms with E-state index in [-0.39, 0.29) is 6.10 Å². The third kappa shape index (κ3) is 8.26. The molecule has 0 saturated heterocycles. The summed E-state index contributed by atoms with van der Waals surface area (Å²) in [6.45, 7) is 13.7. The van der Waals surface area contributed by atoms with E-state index >= 15 is 0 Å². The lowest BCUT2D eigenvalue weighted by molar-refractivity contribution is 0.111. The summed E-state index contributed by atoms with van der Waals surface area (Å²) in [6, 6.07) is 0. The van der Waals surface area contributed by atoms with Gasteiger partial charge in [-0.1, -0.05) is 27.7 Å². The van der Waals surface area contributed by atoms with Gasteiger partial charge in [-0.25, -0.2) is 0 Å². The van der Waals surface area contributed by atoms with Gasteiger partial charge in [0.15, 0.2) is 0 Å². The lowest BCUT2D eigenvalue weighted by atomic mass is 10.1. The van der Waals surface area contributed by atoms with Gasteiger partial charge in [0.05, 0.1) is 6.10 Å². The summed E-state index contributed by atoms with van der Waals surface area (Å²) in [7, 11) is 0. The highest BCUT2D eigenvalue weighted by Gasteiger charge is 2.11. The summed E-state index contributed by atoms with van der Waals surface area (Å²) < 4.78 is 0. The maximum absolute atomic E-state index is 9.31. The summed E-state index contributed by atoms with van der Waals surface area (Å²) in [5.74, 6) is 1.36. The van der Waals surface area contributed by atoms with E-state index in [4.69, 9.17) is 0 Å². The van der Waals surface area contributed by atoms with Crippen LogP contribution in [0.2, 0.25) is 0 Å². The fourth-order valence-corrected chi connectivity index (χ4v) is 1.63. The molecule has 0 radical (unpaired) electrons. The molecule has 0 saturated carbocycles. The van der Waals surface area contributed by atoms with Crippen molar-refractivity contribution in [3.05, 3.63) is 0 Å². The highest BCUT2D eigenvalue weighted by Crippen LogP contribution is 2.04. The molecule has 1 N–H and O–H groups in total. The molecule has 13 heavy (non-hydrogen) atoms. The van der Waals surface area contributed by atoms with E-state index in [0.717, 1.165) is 19.6 Å². The zero-order valence-electron chi connectivity index (χ0n) is 9.75. The molecule has 0 aliphatic carbocycles. The minimum Gasteiger partial charge on any atom is -0.392 e. The summed E-state index contributed by atoms with van der Waals surface area (Å²) in [5.41, 5.74) is 0. The van der Waals surface area contributed by atoms with Crippen LogP contribution in [0.3, 0.4) is 0 Å². The number of aliphatic hydroxyl groups excluding tert-OH is 1. The predicted octanol–water partition coefficient (Wildman–Crippen LogP) is 1.98. The first kappa shape index (κ1) is 12.9. The Bertz CT molecular complexity index is 97.5. The van der Waals surface area contributed by atoms with Crippen LogP contribution in [0.5, 0.6) is 0 Å². The molecule has 2 heteroatoms. The Morgan fingerprint density at radius 3 is 1.46 bits per heavy atom. The molecule has 0 heterocycles. The van der Waals surface area contributed by atoms with Crippen LogP contribution in [0.1, 0.15) is 34.6 Å². The maximum Gasteiger partial charge on any atom is 0.0639 e. The van der Waals surface area contributed by atoms with E-state index < -0.39 is 0 Å². The highest BCUT2D eigenvalue weighted by molar-refractivity contribution is 4.64. The van der Waals surface area contributed by atoms with E-state index in [1.807, 2.05) is 6.92 Å². The van der Waals surface area contributed by atoms with Gasteiger partial charge in [0.2, 0.25) is 0 Å². The van der Waals surface area contributed by atoms with Crippen LogP contribution < -0.4 is 0 Å². The van der Waals surface area contributed by atoms with Crippen molar-refractivity contribution in [2.75, 3.05) is 19.6 Å². The van der Waals surface area contributed by atoms with E-state index in [1.165, 1.54) is 0 Å². The quantitative estimate of drug-likeness (QED) is 0.687. The third-order valence-corrected chi connectivity index (χ3v) is 1.77. The average Bonchev–Trinajstić information content (AvgIpc) is 1.80. The molecular weight excluding hydrogens is 162 g/mol. The van der Waals surface area contributed by atoms with Crippen molar-refractivity contribution in [1.29, 1.82) is 0 Å². The Morgan fingerprint density at radius 2 is 1.23 bits per heavy atom. The van der Waals surface area contributed by atoms with Gasteiger partial charge in [0.1, 0.15) is 0 Å². The van der Waals surface area contributed by atoms with Gasteiger partial charge >= 0.3 is 0 Å². The van der Waals surface area contributed by atoms with Crippen LogP contribution >= 0.6 is 0 Å². The van der Waals surface area contributed by atoms with Crippen LogP contribution in [0.25, 0.3) is 0 Å². The van der Waals surface area contributed by atoms with Gasteiger partial charge in [0.25, 0.3) is 0 Å². The zero-order chi connectivity index (χ0) is 10.4. The van der Waals surface area contributed by atoms with Gasteiger partial charge in [-0.15, -0.1) is 0 Å². The molecule has 80 valence electrons. The summed E-state index contributed by atoms with van der Waals surface area (Å²) in [5, 5.41) is 9.31. The number of aliphatic hydroxyl groups is 1.